The molecule has 128 valence electrons. The van der Waals surface area contributed by atoms with Crippen LogP contribution < -0.4 is 5.32 Å². The van der Waals surface area contributed by atoms with Gasteiger partial charge in [0.05, 0.1) is 18.1 Å². The van der Waals surface area contributed by atoms with Gasteiger partial charge in [-0.25, -0.2) is 14.8 Å². The first-order valence-electron chi connectivity index (χ1n) is 8.36. The fourth-order valence-corrected chi connectivity index (χ4v) is 4.70. The van der Waals surface area contributed by atoms with Crippen molar-refractivity contribution in [2.45, 2.75) is 26.2 Å². The van der Waals surface area contributed by atoms with Crippen LogP contribution in [0.15, 0.2) is 30.6 Å². The lowest BCUT2D eigenvalue weighted by Gasteiger charge is -2.18. The number of aryl methyl sites for hydroxylation is 1. The molecule has 0 fully saturated rings. The van der Waals surface area contributed by atoms with Crippen molar-refractivity contribution in [3.63, 3.8) is 0 Å². The van der Waals surface area contributed by atoms with Crippen LogP contribution in [0.25, 0.3) is 10.2 Å². The quantitative estimate of drug-likeness (QED) is 0.709. The van der Waals surface area contributed by atoms with Crippen LogP contribution in [-0.2, 0) is 17.6 Å². The highest BCUT2D eigenvalue weighted by Crippen LogP contribution is 2.40. The van der Waals surface area contributed by atoms with E-state index in [1.54, 1.807) is 29.8 Å². The number of carbonyl (C=O) groups is 1. The summed E-state index contributed by atoms with van der Waals surface area (Å²) in [6, 6.07) is 7.26. The van der Waals surface area contributed by atoms with Crippen LogP contribution in [0.1, 0.15) is 34.1 Å². The van der Waals surface area contributed by atoms with E-state index in [0.29, 0.717) is 5.56 Å². The second-order valence-electron chi connectivity index (χ2n) is 6.45. The van der Waals surface area contributed by atoms with Crippen LogP contribution in [0, 0.1) is 5.92 Å². The summed E-state index contributed by atoms with van der Waals surface area (Å²) in [6.45, 7) is 2.30. The molecule has 2 aromatic heterocycles. The first-order valence-corrected chi connectivity index (χ1v) is 9.18. The Bertz CT molecular complexity index is 951. The fourth-order valence-electron chi connectivity index (χ4n) is 3.35. The predicted octanol–water partition coefficient (Wildman–Crippen LogP) is 4.35. The monoisotopic (exact) mass is 353 g/mol. The molecule has 1 atom stereocenters. The molecule has 1 aromatic carbocycles. The molecule has 3 aromatic rings. The standard InChI is InChI=1S/C19H19N3O2S/c1-11-6-7-14-15(8-11)25-18-16(14)17(20-10-21-18)22-13-5-3-4-12(9-13)19(23)24-2/h3-5,9-11H,6-8H2,1-2H3,(H,20,21,22). The van der Waals surface area contributed by atoms with E-state index in [1.165, 1.54) is 24.0 Å². The Morgan fingerprint density at radius 2 is 2.24 bits per heavy atom. The van der Waals surface area contributed by atoms with E-state index < -0.39 is 0 Å². The third kappa shape index (κ3) is 2.98. The lowest BCUT2D eigenvalue weighted by molar-refractivity contribution is 0.0601. The molecule has 0 radical (unpaired) electrons. The number of esters is 1. The van der Waals surface area contributed by atoms with Gasteiger partial charge in [-0.15, -0.1) is 11.3 Å². The van der Waals surface area contributed by atoms with Crippen molar-refractivity contribution in [2.24, 2.45) is 5.92 Å². The van der Waals surface area contributed by atoms with Crippen molar-refractivity contribution in [3.05, 3.63) is 46.6 Å². The molecule has 25 heavy (non-hydrogen) atoms. The van der Waals surface area contributed by atoms with Crippen molar-refractivity contribution < 1.29 is 9.53 Å². The molecule has 5 nitrogen and oxygen atoms in total. The number of aromatic nitrogens is 2. The van der Waals surface area contributed by atoms with Crippen LogP contribution in [0.3, 0.4) is 0 Å². The maximum Gasteiger partial charge on any atom is 0.337 e. The molecule has 1 N–H and O–H groups in total. The average molecular weight is 353 g/mol. The third-order valence-corrected chi connectivity index (χ3v) is 5.80. The highest BCUT2D eigenvalue weighted by Gasteiger charge is 2.23. The lowest BCUT2D eigenvalue weighted by atomic mass is 9.89. The molecular formula is C19H19N3O2S. The van der Waals surface area contributed by atoms with Gasteiger partial charge < -0.3 is 10.1 Å². The maximum atomic E-state index is 11.7. The molecule has 0 spiro atoms. The SMILES string of the molecule is COC(=O)c1cccc(Nc2ncnc3sc4c(c23)CCC(C)C4)c1. The largest absolute Gasteiger partial charge is 0.465 e. The Morgan fingerprint density at radius 3 is 3.08 bits per heavy atom. The van der Waals surface area contributed by atoms with Crippen LogP contribution >= 0.6 is 11.3 Å². The van der Waals surface area contributed by atoms with Gasteiger partial charge in [-0.2, -0.15) is 0 Å². The van der Waals surface area contributed by atoms with Crippen molar-refractivity contribution >= 4 is 39.0 Å². The molecule has 1 aliphatic carbocycles. The number of rotatable bonds is 3. The van der Waals surface area contributed by atoms with Gasteiger partial charge in [0.1, 0.15) is 17.0 Å². The predicted molar refractivity (Wildman–Crippen MR) is 99.7 cm³/mol. The summed E-state index contributed by atoms with van der Waals surface area (Å²) in [5.41, 5.74) is 2.70. The minimum absolute atomic E-state index is 0.349. The zero-order valence-corrected chi connectivity index (χ0v) is 15.0. The topological polar surface area (TPSA) is 64.1 Å². The molecule has 1 aliphatic rings. The van der Waals surface area contributed by atoms with Crippen LogP contribution in [0.2, 0.25) is 0 Å². The summed E-state index contributed by atoms with van der Waals surface area (Å²) in [7, 11) is 1.38. The number of carbonyl (C=O) groups excluding carboxylic acids is 1. The number of benzene rings is 1. The summed E-state index contributed by atoms with van der Waals surface area (Å²) in [4.78, 5) is 23.1. The van der Waals surface area contributed by atoms with E-state index in [2.05, 4.69) is 22.2 Å². The number of thiophene rings is 1. The minimum Gasteiger partial charge on any atom is -0.465 e. The smallest absolute Gasteiger partial charge is 0.337 e. The number of fused-ring (bicyclic) bond motifs is 3. The molecule has 1 unspecified atom stereocenters. The molecule has 2 heterocycles. The normalized spacial score (nSPS) is 16.5. The van der Waals surface area contributed by atoms with E-state index in [1.807, 2.05) is 12.1 Å². The molecule has 0 amide bonds. The van der Waals surface area contributed by atoms with E-state index in [4.69, 9.17) is 4.74 Å². The first-order chi connectivity index (χ1) is 12.2. The van der Waals surface area contributed by atoms with Gasteiger partial charge >= 0.3 is 5.97 Å². The van der Waals surface area contributed by atoms with Crippen molar-refractivity contribution in [1.29, 1.82) is 0 Å². The molecule has 0 aliphatic heterocycles. The molecule has 0 saturated heterocycles. The van der Waals surface area contributed by atoms with Gasteiger partial charge in [-0.1, -0.05) is 13.0 Å². The zero-order valence-electron chi connectivity index (χ0n) is 14.2. The summed E-state index contributed by atoms with van der Waals surface area (Å²) in [5.74, 6) is 1.18. The number of ether oxygens (including phenoxy) is 1. The Morgan fingerprint density at radius 1 is 1.36 bits per heavy atom. The van der Waals surface area contributed by atoms with Gasteiger partial charge in [0.25, 0.3) is 0 Å². The van der Waals surface area contributed by atoms with Gasteiger partial charge in [0, 0.05) is 10.6 Å². The highest BCUT2D eigenvalue weighted by molar-refractivity contribution is 7.19. The number of hydrogen-bond acceptors (Lipinski definition) is 6. The zero-order chi connectivity index (χ0) is 17.4. The maximum absolute atomic E-state index is 11.7. The van der Waals surface area contributed by atoms with E-state index in [9.17, 15) is 4.79 Å². The van der Waals surface area contributed by atoms with Crippen molar-refractivity contribution in [3.8, 4) is 0 Å². The van der Waals surface area contributed by atoms with Crippen LogP contribution in [0.4, 0.5) is 11.5 Å². The van der Waals surface area contributed by atoms with E-state index in [-0.39, 0.29) is 5.97 Å². The van der Waals surface area contributed by atoms with Gasteiger partial charge in [-0.3, -0.25) is 0 Å². The van der Waals surface area contributed by atoms with E-state index in [0.717, 1.165) is 40.5 Å². The third-order valence-electron chi connectivity index (χ3n) is 4.64. The molecule has 0 bridgehead atoms. The van der Waals surface area contributed by atoms with Crippen molar-refractivity contribution in [2.75, 3.05) is 12.4 Å². The molecule has 4 rings (SSSR count). The second-order valence-corrected chi connectivity index (χ2v) is 7.54. The number of anilines is 2. The van der Waals surface area contributed by atoms with Crippen LogP contribution in [0.5, 0.6) is 0 Å². The minimum atomic E-state index is -0.349. The number of hydrogen-bond donors (Lipinski definition) is 1. The average Bonchev–Trinajstić information content (AvgIpc) is 2.99. The summed E-state index contributed by atoms with van der Waals surface area (Å²) in [5, 5.41) is 4.48. The number of nitrogens with one attached hydrogen (secondary N) is 1. The summed E-state index contributed by atoms with van der Waals surface area (Å²) >= 11 is 1.77. The molecular weight excluding hydrogens is 334 g/mol. The van der Waals surface area contributed by atoms with Gasteiger partial charge in [-0.05, 0) is 48.9 Å². The molecule has 6 heteroatoms. The number of nitrogens with zero attached hydrogens (tertiary/aromatic N) is 2. The summed E-state index contributed by atoms with van der Waals surface area (Å²) < 4.78 is 4.79. The lowest BCUT2D eigenvalue weighted by Crippen LogP contribution is -2.09. The Kier molecular flexibility index (Phi) is 4.13. The van der Waals surface area contributed by atoms with Crippen LogP contribution in [-0.4, -0.2) is 23.0 Å². The summed E-state index contributed by atoms with van der Waals surface area (Å²) in [6.07, 6.45) is 4.99. The Labute approximate surface area is 150 Å². The van der Waals surface area contributed by atoms with Gasteiger partial charge in [0.2, 0.25) is 0 Å². The molecule has 0 saturated carbocycles. The number of methoxy groups -OCH3 is 1. The van der Waals surface area contributed by atoms with Gasteiger partial charge in [0.15, 0.2) is 0 Å². The highest BCUT2D eigenvalue weighted by atomic mass is 32.1. The Balaban J connectivity index is 1.74. The Hall–Kier alpha value is -2.47. The second kappa shape index (κ2) is 6.44. The fraction of sp³-hybridized carbons (Fsp3) is 0.316. The van der Waals surface area contributed by atoms with E-state index >= 15 is 0 Å². The first kappa shape index (κ1) is 16.0. The van der Waals surface area contributed by atoms with Crippen molar-refractivity contribution in [1.82, 2.24) is 9.97 Å².